The minimum atomic E-state index is -0.0883. The Labute approximate surface area is 112 Å². The van der Waals surface area contributed by atoms with Gasteiger partial charge in [-0.3, -0.25) is 4.79 Å². The van der Waals surface area contributed by atoms with Gasteiger partial charge in [0.15, 0.2) is 5.78 Å². The second-order valence-corrected chi connectivity index (χ2v) is 3.97. The number of carbonyl (C=O) groups is 1. The molecule has 0 aliphatic heterocycles. The average molecular weight is 250 g/mol. The summed E-state index contributed by atoms with van der Waals surface area (Å²) in [6.45, 7) is 0. The predicted octanol–water partition coefficient (Wildman–Crippen LogP) is 3.00. The third-order valence-electron chi connectivity index (χ3n) is 2.71. The zero-order valence-corrected chi connectivity index (χ0v) is 10.5. The van der Waals surface area contributed by atoms with Gasteiger partial charge >= 0.3 is 0 Å². The number of hydrogen-bond acceptors (Lipinski definition) is 3. The number of ketones is 1. The summed E-state index contributed by atoms with van der Waals surface area (Å²) in [4.78, 5) is 12.0. The van der Waals surface area contributed by atoms with E-state index in [4.69, 9.17) is 10.00 Å². The van der Waals surface area contributed by atoms with Gasteiger partial charge in [-0.25, -0.2) is 0 Å². The highest BCUT2D eigenvalue weighted by molar-refractivity contribution is 6.04. The standard InChI is InChI=1S/C16H12NO2/c1-19-15-8-4-12(5-9-15)10-16(18)14-6-2-13(11-17)3-7-14/h2-10H,1H3. The molecule has 2 rings (SSSR count). The second-order valence-electron chi connectivity index (χ2n) is 3.97. The zero-order valence-electron chi connectivity index (χ0n) is 10.5. The van der Waals surface area contributed by atoms with Crippen molar-refractivity contribution in [3.8, 4) is 11.8 Å². The van der Waals surface area contributed by atoms with Crippen LogP contribution in [0.5, 0.6) is 5.75 Å². The van der Waals surface area contributed by atoms with Crippen molar-refractivity contribution in [2.24, 2.45) is 0 Å². The Kier molecular flexibility index (Phi) is 3.94. The fourth-order valence-corrected chi connectivity index (χ4v) is 1.64. The van der Waals surface area contributed by atoms with Gasteiger partial charge < -0.3 is 4.74 Å². The number of nitriles is 1. The number of Topliss-reactive ketones (excluding diaryl/α,β-unsaturated/α-hetero) is 1. The zero-order chi connectivity index (χ0) is 13.7. The second kappa shape index (κ2) is 5.83. The molecule has 0 amide bonds. The number of carbonyl (C=O) groups excluding carboxylic acids is 1. The fraction of sp³-hybridized carbons (Fsp3) is 0.0625. The number of methoxy groups -OCH3 is 1. The van der Waals surface area contributed by atoms with Crippen molar-refractivity contribution in [3.05, 3.63) is 71.6 Å². The normalized spacial score (nSPS) is 9.68. The van der Waals surface area contributed by atoms with Gasteiger partial charge in [-0.05, 0) is 29.8 Å². The van der Waals surface area contributed by atoms with Gasteiger partial charge in [0, 0.05) is 5.56 Å². The van der Waals surface area contributed by atoms with E-state index in [2.05, 4.69) is 0 Å². The molecule has 0 bridgehead atoms. The van der Waals surface area contributed by atoms with Crippen LogP contribution in [0, 0.1) is 17.8 Å². The van der Waals surface area contributed by atoms with Crippen LogP contribution in [0.15, 0.2) is 48.5 Å². The van der Waals surface area contributed by atoms with E-state index < -0.39 is 0 Å². The molecule has 0 heterocycles. The van der Waals surface area contributed by atoms with E-state index in [1.54, 1.807) is 49.9 Å². The van der Waals surface area contributed by atoms with Crippen LogP contribution in [0.1, 0.15) is 21.5 Å². The topological polar surface area (TPSA) is 50.1 Å². The molecule has 3 nitrogen and oxygen atoms in total. The average Bonchev–Trinajstić information content (AvgIpc) is 2.48. The largest absolute Gasteiger partial charge is 0.497 e. The highest BCUT2D eigenvalue weighted by Crippen LogP contribution is 2.15. The predicted molar refractivity (Wildman–Crippen MR) is 71.9 cm³/mol. The number of nitrogens with zero attached hydrogens (tertiary/aromatic N) is 1. The molecule has 0 aliphatic carbocycles. The summed E-state index contributed by atoms with van der Waals surface area (Å²) in [5, 5.41) is 8.70. The quantitative estimate of drug-likeness (QED) is 0.784. The number of rotatable bonds is 4. The van der Waals surface area contributed by atoms with Crippen molar-refractivity contribution in [1.82, 2.24) is 0 Å². The first-order valence-corrected chi connectivity index (χ1v) is 5.76. The first kappa shape index (κ1) is 12.8. The SMILES string of the molecule is COc1ccc([CH]C(=O)c2ccc(C#N)cc2)cc1. The van der Waals surface area contributed by atoms with Crippen molar-refractivity contribution in [2.45, 2.75) is 0 Å². The molecule has 0 aliphatic rings. The Hall–Kier alpha value is -2.60. The van der Waals surface area contributed by atoms with E-state index in [1.165, 1.54) is 0 Å². The lowest BCUT2D eigenvalue weighted by molar-refractivity contribution is 0.103. The molecule has 0 aromatic heterocycles. The Balaban J connectivity index is 2.09. The van der Waals surface area contributed by atoms with Gasteiger partial charge in [0.1, 0.15) is 5.75 Å². The molecule has 3 heteroatoms. The summed E-state index contributed by atoms with van der Waals surface area (Å²) < 4.78 is 5.05. The van der Waals surface area contributed by atoms with E-state index >= 15 is 0 Å². The van der Waals surface area contributed by atoms with Gasteiger partial charge in [0.2, 0.25) is 0 Å². The van der Waals surface area contributed by atoms with Gasteiger partial charge in [0.05, 0.1) is 25.2 Å². The summed E-state index contributed by atoms with van der Waals surface area (Å²) in [6.07, 6.45) is 1.56. The summed E-state index contributed by atoms with van der Waals surface area (Å²) >= 11 is 0. The van der Waals surface area contributed by atoms with Crippen molar-refractivity contribution in [3.63, 3.8) is 0 Å². The monoisotopic (exact) mass is 250 g/mol. The number of ether oxygens (including phenoxy) is 1. The van der Waals surface area contributed by atoms with Crippen LogP contribution in [0.25, 0.3) is 0 Å². The maximum absolute atomic E-state index is 12.0. The van der Waals surface area contributed by atoms with Crippen LogP contribution < -0.4 is 4.74 Å². The van der Waals surface area contributed by atoms with Gasteiger partial charge in [-0.1, -0.05) is 24.3 Å². The van der Waals surface area contributed by atoms with Crippen LogP contribution >= 0.6 is 0 Å². The molecule has 1 radical (unpaired) electrons. The van der Waals surface area contributed by atoms with E-state index in [1.807, 2.05) is 18.2 Å². The molecule has 0 saturated heterocycles. The Morgan fingerprint density at radius 3 is 2.26 bits per heavy atom. The van der Waals surface area contributed by atoms with Crippen LogP contribution in [0.2, 0.25) is 0 Å². The van der Waals surface area contributed by atoms with Crippen LogP contribution in [0.3, 0.4) is 0 Å². The molecule has 19 heavy (non-hydrogen) atoms. The van der Waals surface area contributed by atoms with Crippen LogP contribution in [-0.2, 0) is 0 Å². The van der Waals surface area contributed by atoms with Crippen molar-refractivity contribution >= 4 is 5.78 Å². The summed E-state index contributed by atoms with van der Waals surface area (Å²) in [5.74, 6) is 0.664. The Morgan fingerprint density at radius 1 is 1.11 bits per heavy atom. The summed E-state index contributed by atoms with van der Waals surface area (Å²) in [7, 11) is 1.60. The highest BCUT2D eigenvalue weighted by Gasteiger charge is 2.07. The van der Waals surface area contributed by atoms with E-state index in [0.717, 1.165) is 11.3 Å². The summed E-state index contributed by atoms with van der Waals surface area (Å²) in [6, 6.07) is 15.8. The third kappa shape index (κ3) is 3.20. The summed E-state index contributed by atoms with van der Waals surface area (Å²) in [5.41, 5.74) is 1.92. The van der Waals surface area contributed by atoms with Gasteiger partial charge in [-0.2, -0.15) is 5.26 Å². The molecule has 93 valence electrons. The minimum absolute atomic E-state index is 0.0883. The number of benzene rings is 2. The van der Waals surface area contributed by atoms with E-state index in [9.17, 15) is 4.79 Å². The van der Waals surface area contributed by atoms with E-state index in [0.29, 0.717) is 11.1 Å². The third-order valence-corrected chi connectivity index (χ3v) is 2.71. The molecule has 0 atom stereocenters. The minimum Gasteiger partial charge on any atom is -0.497 e. The first-order chi connectivity index (χ1) is 9.22. The lowest BCUT2D eigenvalue weighted by Gasteiger charge is -2.03. The Morgan fingerprint density at radius 2 is 1.74 bits per heavy atom. The van der Waals surface area contributed by atoms with Gasteiger partial charge in [-0.15, -0.1) is 0 Å². The molecule has 0 unspecified atom stereocenters. The Bertz CT molecular complexity index is 607. The highest BCUT2D eigenvalue weighted by atomic mass is 16.5. The van der Waals surface area contributed by atoms with E-state index in [-0.39, 0.29) is 5.78 Å². The molecule has 2 aromatic carbocycles. The number of hydrogen-bond donors (Lipinski definition) is 0. The lowest BCUT2D eigenvalue weighted by Crippen LogP contribution is -2.00. The maximum atomic E-state index is 12.0. The molecule has 0 N–H and O–H groups in total. The molecule has 0 spiro atoms. The molecular formula is C16H12NO2. The maximum Gasteiger partial charge on any atom is 0.171 e. The molecule has 0 saturated carbocycles. The molecule has 0 fully saturated rings. The van der Waals surface area contributed by atoms with Crippen molar-refractivity contribution < 1.29 is 9.53 Å². The van der Waals surface area contributed by atoms with Crippen LogP contribution in [-0.4, -0.2) is 12.9 Å². The van der Waals surface area contributed by atoms with Crippen molar-refractivity contribution in [1.29, 1.82) is 5.26 Å². The smallest absolute Gasteiger partial charge is 0.171 e. The van der Waals surface area contributed by atoms with Crippen LogP contribution in [0.4, 0.5) is 0 Å². The van der Waals surface area contributed by atoms with Gasteiger partial charge in [0.25, 0.3) is 0 Å². The molecular weight excluding hydrogens is 238 g/mol. The first-order valence-electron chi connectivity index (χ1n) is 5.76. The fourth-order valence-electron chi connectivity index (χ4n) is 1.64. The van der Waals surface area contributed by atoms with Crippen molar-refractivity contribution in [2.75, 3.05) is 7.11 Å². The molecule has 2 aromatic rings. The lowest BCUT2D eigenvalue weighted by atomic mass is 10.0.